The number of pyridine rings is 1. The molecule has 0 amide bonds. The first-order valence-electron chi connectivity index (χ1n) is 6.80. The second-order valence-electron chi connectivity index (χ2n) is 4.81. The molecule has 0 saturated carbocycles. The molecule has 3 heterocycles. The fraction of sp³-hybridized carbons (Fsp3) is 0.286. The van der Waals surface area contributed by atoms with E-state index in [9.17, 15) is 0 Å². The molecule has 0 radical (unpaired) electrons. The molecule has 3 N–H and O–H groups in total. The van der Waals surface area contributed by atoms with E-state index in [4.69, 9.17) is 5.73 Å². The van der Waals surface area contributed by atoms with Gasteiger partial charge in [-0.15, -0.1) is 0 Å². The van der Waals surface area contributed by atoms with Gasteiger partial charge in [-0.2, -0.15) is 5.10 Å². The molecule has 0 unspecified atom stereocenters. The van der Waals surface area contributed by atoms with Crippen LogP contribution in [0.5, 0.6) is 0 Å². The molecule has 21 heavy (non-hydrogen) atoms. The van der Waals surface area contributed by atoms with E-state index in [-0.39, 0.29) is 0 Å². The number of nitrogen functional groups attached to an aromatic ring is 1. The summed E-state index contributed by atoms with van der Waals surface area (Å²) in [6.45, 7) is 2.76. The van der Waals surface area contributed by atoms with Crippen LogP contribution in [0.2, 0.25) is 0 Å². The monoisotopic (exact) mass is 283 g/mol. The fourth-order valence-corrected chi connectivity index (χ4v) is 2.31. The van der Waals surface area contributed by atoms with Gasteiger partial charge in [0.1, 0.15) is 18.0 Å². The highest BCUT2D eigenvalue weighted by atomic mass is 15.3. The van der Waals surface area contributed by atoms with Crippen molar-refractivity contribution in [3.05, 3.63) is 35.9 Å². The maximum atomic E-state index is 5.68. The second kappa shape index (κ2) is 5.35. The summed E-state index contributed by atoms with van der Waals surface area (Å²) in [6, 6.07) is 3.63. The number of anilines is 2. The van der Waals surface area contributed by atoms with E-state index in [1.54, 1.807) is 6.07 Å². The number of aryl methyl sites for hydroxylation is 2. The molecule has 0 aromatic carbocycles. The van der Waals surface area contributed by atoms with Gasteiger partial charge in [0.25, 0.3) is 0 Å². The Labute approximate surface area is 122 Å². The van der Waals surface area contributed by atoms with Crippen molar-refractivity contribution in [1.29, 1.82) is 0 Å². The highest BCUT2D eigenvalue weighted by Gasteiger charge is 2.08. The van der Waals surface area contributed by atoms with Crippen LogP contribution in [-0.4, -0.2) is 24.7 Å². The summed E-state index contributed by atoms with van der Waals surface area (Å²) in [6.07, 6.45) is 4.41. The summed E-state index contributed by atoms with van der Waals surface area (Å²) in [5.74, 6) is 1.20. The molecular formula is C14H17N7. The zero-order valence-corrected chi connectivity index (χ0v) is 12.0. The maximum Gasteiger partial charge on any atom is 0.166 e. The minimum Gasteiger partial charge on any atom is -0.384 e. The molecule has 108 valence electrons. The third kappa shape index (κ3) is 2.62. The smallest absolute Gasteiger partial charge is 0.166 e. The lowest BCUT2D eigenvalue weighted by Gasteiger charge is -2.07. The molecule has 0 saturated heterocycles. The fourth-order valence-electron chi connectivity index (χ4n) is 2.31. The van der Waals surface area contributed by atoms with E-state index in [2.05, 4.69) is 32.3 Å². The standard InChI is InChI=1S/C14H17N7/c1-3-11-9(7-21(2)20-11)6-16-13-10-4-5-12(15)19-14(10)18-8-17-13/h4-5,7-8H,3,6H2,1-2H3,(H3,15,16,17,18,19). The van der Waals surface area contributed by atoms with Crippen molar-refractivity contribution in [2.24, 2.45) is 7.05 Å². The van der Waals surface area contributed by atoms with Crippen molar-refractivity contribution in [3.8, 4) is 0 Å². The number of nitrogens with zero attached hydrogens (tertiary/aromatic N) is 5. The van der Waals surface area contributed by atoms with E-state index in [1.165, 1.54) is 6.33 Å². The summed E-state index contributed by atoms with van der Waals surface area (Å²) in [5, 5.41) is 8.61. The van der Waals surface area contributed by atoms with Crippen LogP contribution in [0.15, 0.2) is 24.7 Å². The van der Waals surface area contributed by atoms with Crippen molar-refractivity contribution in [1.82, 2.24) is 24.7 Å². The number of fused-ring (bicyclic) bond motifs is 1. The van der Waals surface area contributed by atoms with Gasteiger partial charge in [-0.3, -0.25) is 4.68 Å². The Bertz CT molecular complexity index is 778. The van der Waals surface area contributed by atoms with E-state index < -0.39 is 0 Å². The summed E-state index contributed by atoms with van der Waals surface area (Å²) in [5.41, 5.74) is 8.52. The van der Waals surface area contributed by atoms with Gasteiger partial charge >= 0.3 is 0 Å². The van der Waals surface area contributed by atoms with Crippen molar-refractivity contribution in [2.75, 3.05) is 11.1 Å². The van der Waals surface area contributed by atoms with Crippen molar-refractivity contribution in [3.63, 3.8) is 0 Å². The van der Waals surface area contributed by atoms with Crippen molar-refractivity contribution >= 4 is 22.7 Å². The Morgan fingerprint density at radius 3 is 2.95 bits per heavy atom. The lowest BCUT2D eigenvalue weighted by Crippen LogP contribution is -2.04. The quantitative estimate of drug-likeness (QED) is 0.753. The second-order valence-corrected chi connectivity index (χ2v) is 4.81. The Morgan fingerprint density at radius 2 is 2.14 bits per heavy atom. The number of nitrogens with two attached hydrogens (primary N) is 1. The largest absolute Gasteiger partial charge is 0.384 e. The zero-order valence-electron chi connectivity index (χ0n) is 12.0. The molecule has 7 heteroatoms. The van der Waals surface area contributed by atoms with Gasteiger partial charge in [-0.25, -0.2) is 15.0 Å². The van der Waals surface area contributed by atoms with Crippen molar-refractivity contribution < 1.29 is 0 Å². The van der Waals surface area contributed by atoms with Crippen LogP contribution in [0.3, 0.4) is 0 Å². The van der Waals surface area contributed by atoms with E-state index >= 15 is 0 Å². The number of rotatable bonds is 4. The molecule has 0 spiro atoms. The van der Waals surface area contributed by atoms with E-state index in [0.29, 0.717) is 18.0 Å². The minimum atomic E-state index is 0.452. The summed E-state index contributed by atoms with van der Waals surface area (Å²) in [4.78, 5) is 12.6. The predicted molar refractivity (Wildman–Crippen MR) is 81.7 cm³/mol. The molecule has 0 bridgehead atoms. The zero-order chi connectivity index (χ0) is 14.8. The highest BCUT2D eigenvalue weighted by molar-refractivity contribution is 5.86. The predicted octanol–water partition coefficient (Wildman–Crippen LogP) is 1.51. The van der Waals surface area contributed by atoms with Gasteiger partial charge in [-0.05, 0) is 18.6 Å². The lowest BCUT2D eigenvalue weighted by atomic mass is 10.2. The molecule has 3 aromatic heterocycles. The van der Waals surface area contributed by atoms with Crippen LogP contribution >= 0.6 is 0 Å². The summed E-state index contributed by atoms with van der Waals surface area (Å²) >= 11 is 0. The van der Waals surface area contributed by atoms with E-state index in [0.717, 1.165) is 28.9 Å². The third-order valence-corrected chi connectivity index (χ3v) is 3.29. The van der Waals surface area contributed by atoms with Gasteiger partial charge in [0.2, 0.25) is 0 Å². The molecule has 0 fully saturated rings. The molecular weight excluding hydrogens is 266 g/mol. The number of hydrogen-bond acceptors (Lipinski definition) is 6. The summed E-state index contributed by atoms with van der Waals surface area (Å²) < 4.78 is 1.83. The average molecular weight is 283 g/mol. The van der Waals surface area contributed by atoms with Crippen LogP contribution in [0.25, 0.3) is 11.0 Å². The number of aromatic nitrogens is 5. The molecule has 7 nitrogen and oxygen atoms in total. The number of hydrogen-bond donors (Lipinski definition) is 2. The van der Waals surface area contributed by atoms with Crippen LogP contribution in [0, 0.1) is 0 Å². The average Bonchev–Trinajstić information content (AvgIpc) is 2.84. The van der Waals surface area contributed by atoms with Crippen molar-refractivity contribution in [2.45, 2.75) is 19.9 Å². The van der Waals surface area contributed by atoms with Crippen LogP contribution in [0.4, 0.5) is 11.6 Å². The molecule has 0 aliphatic heterocycles. The normalized spacial score (nSPS) is 11.0. The molecule has 3 rings (SSSR count). The Kier molecular flexibility index (Phi) is 3.39. The van der Waals surface area contributed by atoms with Gasteiger partial charge in [0.15, 0.2) is 5.65 Å². The highest BCUT2D eigenvalue weighted by Crippen LogP contribution is 2.19. The SMILES string of the molecule is CCc1nn(C)cc1CNc1ncnc2nc(N)ccc12. The molecule has 0 atom stereocenters. The van der Waals surface area contributed by atoms with Gasteiger partial charge in [-0.1, -0.05) is 6.92 Å². The van der Waals surface area contributed by atoms with E-state index in [1.807, 2.05) is 24.0 Å². The Balaban J connectivity index is 1.88. The molecule has 3 aromatic rings. The minimum absolute atomic E-state index is 0.452. The third-order valence-electron chi connectivity index (χ3n) is 3.29. The first-order chi connectivity index (χ1) is 10.2. The Hall–Kier alpha value is -2.70. The Morgan fingerprint density at radius 1 is 1.29 bits per heavy atom. The van der Waals surface area contributed by atoms with Gasteiger partial charge < -0.3 is 11.1 Å². The van der Waals surface area contributed by atoms with Gasteiger partial charge in [0, 0.05) is 25.4 Å². The summed E-state index contributed by atoms with van der Waals surface area (Å²) in [7, 11) is 1.93. The first kappa shape index (κ1) is 13.3. The first-order valence-corrected chi connectivity index (χ1v) is 6.80. The molecule has 0 aliphatic rings. The topological polar surface area (TPSA) is 94.5 Å². The molecule has 0 aliphatic carbocycles. The van der Waals surface area contributed by atoms with Crippen LogP contribution in [-0.2, 0) is 20.0 Å². The number of nitrogens with one attached hydrogen (secondary N) is 1. The lowest BCUT2D eigenvalue weighted by molar-refractivity contribution is 0.746. The maximum absolute atomic E-state index is 5.68. The van der Waals surface area contributed by atoms with Crippen LogP contribution < -0.4 is 11.1 Å². The van der Waals surface area contributed by atoms with Gasteiger partial charge in [0.05, 0.1) is 11.1 Å². The van der Waals surface area contributed by atoms with Crippen LogP contribution in [0.1, 0.15) is 18.2 Å².